The molecule has 4 rings (SSSR count). The molecular formula is C20H26F3N3O2. The molecule has 0 aromatic carbocycles. The summed E-state index contributed by atoms with van der Waals surface area (Å²) in [5.74, 6) is 0.671. The molecule has 1 atom stereocenters. The SMILES string of the molecule is O=C1N([C@H]2CC[C@H](O)CC2)CC[C@]12CCCN(c1ccc(C(F)(F)F)cn1)C2. The molecule has 8 heteroatoms. The summed E-state index contributed by atoms with van der Waals surface area (Å²) in [6.07, 6.45) is 1.80. The molecular weight excluding hydrogens is 371 g/mol. The molecule has 0 unspecified atom stereocenters. The third-order valence-corrected chi connectivity index (χ3v) is 6.63. The van der Waals surface area contributed by atoms with Crippen molar-refractivity contribution in [1.82, 2.24) is 9.88 Å². The molecule has 1 aromatic rings. The topological polar surface area (TPSA) is 56.7 Å². The van der Waals surface area contributed by atoms with E-state index in [9.17, 15) is 23.1 Å². The number of aliphatic hydroxyl groups excluding tert-OH is 1. The fraction of sp³-hybridized carbons (Fsp3) is 0.700. The second kappa shape index (κ2) is 7.21. The van der Waals surface area contributed by atoms with Crippen LogP contribution in [0.3, 0.4) is 0 Å². The predicted octanol–water partition coefficient (Wildman–Crippen LogP) is 3.22. The van der Waals surface area contributed by atoms with E-state index < -0.39 is 17.2 Å². The van der Waals surface area contributed by atoms with Crippen LogP contribution in [-0.2, 0) is 11.0 Å². The van der Waals surface area contributed by atoms with Crippen molar-refractivity contribution in [2.45, 2.75) is 63.3 Å². The number of aliphatic hydroxyl groups is 1. The second-order valence-corrected chi connectivity index (χ2v) is 8.42. The third kappa shape index (κ3) is 3.58. The molecule has 3 aliphatic rings. The zero-order valence-electron chi connectivity index (χ0n) is 15.8. The van der Waals surface area contributed by atoms with E-state index >= 15 is 0 Å². The van der Waals surface area contributed by atoms with Crippen LogP contribution >= 0.6 is 0 Å². The van der Waals surface area contributed by atoms with E-state index in [0.717, 1.165) is 63.8 Å². The Kier molecular flexibility index (Phi) is 5.02. The maximum atomic E-state index is 13.3. The third-order valence-electron chi connectivity index (χ3n) is 6.63. The highest BCUT2D eigenvalue weighted by molar-refractivity contribution is 5.86. The van der Waals surface area contributed by atoms with E-state index in [1.54, 1.807) is 0 Å². The van der Waals surface area contributed by atoms with Crippen LogP contribution in [0.2, 0.25) is 0 Å². The van der Waals surface area contributed by atoms with Gasteiger partial charge in [0.2, 0.25) is 5.91 Å². The van der Waals surface area contributed by atoms with Crippen molar-refractivity contribution in [3.05, 3.63) is 23.9 Å². The van der Waals surface area contributed by atoms with Crippen molar-refractivity contribution in [1.29, 1.82) is 0 Å². The largest absolute Gasteiger partial charge is 0.417 e. The number of nitrogens with zero attached hydrogens (tertiary/aromatic N) is 3. The van der Waals surface area contributed by atoms with Gasteiger partial charge < -0.3 is 14.9 Å². The highest BCUT2D eigenvalue weighted by Gasteiger charge is 2.50. The minimum absolute atomic E-state index is 0.172. The number of piperidine rings is 1. The average Bonchev–Trinajstić information content (AvgIpc) is 2.98. The number of alkyl halides is 3. The molecule has 1 spiro atoms. The van der Waals surface area contributed by atoms with Gasteiger partial charge in [0, 0.05) is 31.9 Å². The highest BCUT2D eigenvalue weighted by atomic mass is 19.4. The Morgan fingerprint density at radius 1 is 1.11 bits per heavy atom. The number of carbonyl (C=O) groups excluding carboxylic acids is 1. The van der Waals surface area contributed by atoms with Gasteiger partial charge in [-0.3, -0.25) is 4.79 Å². The summed E-state index contributed by atoms with van der Waals surface area (Å²) in [5, 5.41) is 9.72. The highest BCUT2D eigenvalue weighted by Crippen LogP contribution is 2.43. The summed E-state index contributed by atoms with van der Waals surface area (Å²) >= 11 is 0. The molecule has 3 fully saturated rings. The first-order valence-electron chi connectivity index (χ1n) is 10.1. The zero-order valence-corrected chi connectivity index (χ0v) is 15.8. The van der Waals surface area contributed by atoms with Crippen molar-refractivity contribution < 1.29 is 23.1 Å². The average molecular weight is 397 g/mol. The summed E-state index contributed by atoms with van der Waals surface area (Å²) in [4.78, 5) is 21.3. The van der Waals surface area contributed by atoms with Gasteiger partial charge in [0.25, 0.3) is 0 Å². The first-order valence-corrected chi connectivity index (χ1v) is 10.1. The van der Waals surface area contributed by atoms with Gasteiger partial charge in [-0.1, -0.05) is 0 Å². The van der Waals surface area contributed by atoms with Crippen molar-refractivity contribution >= 4 is 11.7 Å². The predicted molar refractivity (Wildman–Crippen MR) is 97.7 cm³/mol. The summed E-state index contributed by atoms with van der Waals surface area (Å²) in [6.45, 7) is 1.94. The summed E-state index contributed by atoms with van der Waals surface area (Å²) in [5.41, 5.74) is -1.22. The van der Waals surface area contributed by atoms with Crippen LogP contribution in [0.15, 0.2) is 18.3 Å². The molecule has 0 radical (unpaired) electrons. The van der Waals surface area contributed by atoms with Crippen LogP contribution in [0.25, 0.3) is 0 Å². The molecule has 2 saturated heterocycles. The first kappa shape index (κ1) is 19.5. The lowest BCUT2D eigenvalue weighted by Gasteiger charge is -2.41. The number of pyridine rings is 1. The van der Waals surface area contributed by atoms with Gasteiger partial charge in [-0.25, -0.2) is 4.98 Å². The zero-order chi connectivity index (χ0) is 19.9. The number of amides is 1. The van der Waals surface area contributed by atoms with Gasteiger partial charge in [0.05, 0.1) is 17.1 Å². The van der Waals surface area contributed by atoms with Crippen LogP contribution in [-0.4, -0.2) is 52.7 Å². The van der Waals surface area contributed by atoms with Gasteiger partial charge in [0.15, 0.2) is 0 Å². The van der Waals surface area contributed by atoms with E-state index in [-0.39, 0.29) is 18.1 Å². The van der Waals surface area contributed by atoms with Crippen LogP contribution in [0.4, 0.5) is 19.0 Å². The number of aromatic nitrogens is 1. The molecule has 3 heterocycles. The fourth-order valence-corrected chi connectivity index (χ4v) is 5.01. The summed E-state index contributed by atoms with van der Waals surface area (Å²) in [7, 11) is 0. The van der Waals surface area contributed by atoms with E-state index in [0.29, 0.717) is 18.9 Å². The first-order chi connectivity index (χ1) is 13.3. The molecule has 1 N–H and O–H groups in total. The minimum atomic E-state index is -4.40. The van der Waals surface area contributed by atoms with E-state index in [4.69, 9.17) is 0 Å². The Bertz CT molecular complexity index is 716. The molecule has 1 amide bonds. The lowest BCUT2D eigenvalue weighted by atomic mass is 9.78. The van der Waals surface area contributed by atoms with Gasteiger partial charge >= 0.3 is 6.18 Å². The van der Waals surface area contributed by atoms with Gasteiger partial charge in [-0.2, -0.15) is 13.2 Å². The van der Waals surface area contributed by atoms with Crippen molar-refractivity contribution in [3.63, 3.8) is 0 Å². The number of rotatable bonds is 2. The standard InChI is InChI=1S/C20H26F3N3O2/c21-20(22,23)14-2-7-17(24-12-14)25-10-1-8-19(13-25)9-11-26(18(19)28)15-3-5-16(27)6-4-15/h2,7,12,15-16,27H,1,3-6,8-11,13H2/t15-,16-,19-/m0/s1. The van der Waals surface area contributed by atoms with Gasteiger partial charge in [-0.05, 0) is 57.1 Å². The Hall–Kier alpha value is -1.83. The van der Waals surface area contributed by atoms with Crippen molar-refractivity contribution in [2.24, 2.45) is 5.41 Å². The summed E-state index contributed by atoms with van der Waals surface area (Å²) < 4.78 is 38.3. The Morgan fingerprint density at radius 3 is 2.50 bits per heavy atom. The normalized spacial score (nSPS) is 31.6. The van der Waals surface area contributed by atoms with E-state index in [1.807, 2.05) is 9.80 Å². The number of anilines is 1. The lowest BCUT2D eigenvalue weighted by molar-refractivity contribution is -0.139. The van der Waals surface area contributed by atoms with Crippen LogP contribution < -0.4 is 4.90 Å². The van der Waals surface area contributed by atoms with Crippen molar-refractivity contribution in [3.8, 4) is 0 Å². The number of carbonyl (C=O) groups is 1. The number of likely N-dealkylation sites (tertiary alicyclic amines) is 1. The van der Waals surface area contributed by atoms with Crippen LogP contribution in [0.5, 0.6) is 0 Å². The molecule has 5 nitrogen and oxygen atoms in total. The molecule has 1 aliphatic carbocycles. The molecule has 154 valence electrons. The fourth-order valence-electron chi connectivity index (χ4n) is 5.01. The lowest BCUT2D eigenvalue weighted by Crippen LogP contribution is -2.50. The molecule has 0 bridgehead atoms. The Balaban J connectivity index is 1.47. The molecule has 28 heavy (non-hydrogen) atoms. The van der Waals surface area contributed by atoms with Crippen LogP contribution in [0, 0.1) is 5.41 Å². The molecule has 1 saturated carbocycles. The van der Waals surface area contributed by atoms with Gasteiger partial charge in [-0.15, -0.1) is 0 Å². The molecule has 2 aliphatic heterocycles. The van der Waals surface area contributed by atoms with Gasteiger partial charge in [0.1, 0.15) is 5.82 Å². The van der Waals surface area contributed by atoms with Crippen LogP contribution in [0.1, 0.15) is 50.5 Å². The number of halogens is 3. The summed E-state index contributed by atoms with van der Waals surface area (Å²) in [6, 6.07) is 2.66. The Labute approximate surface area is 162 Å². The second-order valence-electron chi connectivity index (χ2n) is 8.42. The van der Waals surface area contributed by atoms with E-state index in [2.05, 4.69) is 4.98 Å². The maximum absolute atomic E-state index is 13.3. The number of hydrogen-bond acceptors (Lipinski definition) is 4. The monoisotopic (exact) mass is 397 g/mol. The van der Waals surface area contributed by atoms with Crippen molar-refractivity contribution in [2.75, 3.05) is 24.5 Å². The number of hydrogen-bond donors (Lipinski definition) is 1. The quantitative estimate of drug-likeness (QED) is 0.833. The smallest absolute Gasteiger partial charge is 0.393 e. The minimum Gasteiger partial charge on any atom is -0.393 e. The Morgan fingerprint density at radius 2 is 1.86 bits per heavy atom. The van der Waals surface area contributed by atoms with E-state index in [1.165, 1.54) is 6.07 Å². The molecule has 1 aromatic heterocycles. The maximum Gasteiger partial charge on any atom is 0.417 e.